The molecule has 0 heterocycles. The predicted molar refractivity (Wildman–Crippen MR) is 79.0 cm³/mol. The van der Waals surface area contributed by atoms with Crippen LogP contribution in [-0.2, 0) is 6.42 Å². The van der Waals surface area contributed by atoms with Crippen molar-refractivity contribution in [3.8, 4) is 0 Å². The molecular weight excluding hydrogens is 298 g/mol. The molecule has 0 saturated carbocycles. The van der Waals surface area contributed by atoms with E-state index in [0.717, 1.165) is 29.0 Å². The highest BCUT2D eigenvalue weighted by Crippen LogP contribution is 2.32. The molecule has 21 heavy (non-hydrogen) atoms. The summed E-state index contributed by atoms with van der Waals surface area (Å²) < 4.78 is 0. The van der Waals surface area contributed by atoms with Gasteiger partial charge in [0.1, 0.15) is 4.91 Å². The fourth-order valence-electron chi connectivity index (χ4n) is 1.79. The van der Waals surface area contributed by atoms with E-state index in [0.29, 0.717) is 0 Å². The van der Waals surface area contributed by atoms with Gasteiger partial charge in [-0.2, -0.15) is 5.10 Å². The van der Waals surface area contributed by atoms with Crippen LogP contribution in [0.5, 0.6) is 0 Å². The lowest BCUT2D eigenvalue weighted by Crippen LogP contribution is -2.21. The molecule has 1 aliphatic carbocycles. The van der Waals surface area contributed by atoms with E-state index in [1.807, 2.05) is 18.2 Å². The van der Waals surface area contributed by atoms with Gasteiger partial charge in [-0.15, -0.1) is 5.10 Å². The number of benzene rings is 1. The van der Waals surface area contributed by atoms with Crippen LogP contribution in [0.15, 0.2) is 40.0 Å². The molecule has 0 unspecified atom stereocenters. The highest BCUT2D eigenvalue weighted by Gasteiger charge is 2.15. The van der Waals surface area contributed by atoms with E-state index >= 15 is 0 Å². The number of hydrogen-bond acceptors (Lipinski definition) is 3. The summed E-state index contributed by atoms with van der Waals surface area (Å²) in [6, 6.07) is 8.08. The molecule has 0 spiro atoms. The topological polar surface area (TPSA) is 137 Å². The van der Waals surface area contributed by atoms with Gasteiger partial charge in [-0.25, -0.2) is 10.4 Å². The minimum Gasteiger partial charge on any atom is -0.369 e. The summed E-state index contributed by atoms with van der Waals surface area (Å²) in [6.07, 6.45) is 3.41. The summed E-state index contributed by atoms with van der Waals surface area (Å²) in [7, 11) is 0. The number of hydrogen-bond donors (Lipinski definition) is 4. The lowest BCUT2D eigenvalue weighted by molar-refractivity contribution is -0.969. The van der Waals surface area contributed by atoms with Crippen molar-refractivity contribution in [2.24, 2.45) is 21.7 Å². The Morgan fingerprint density at radius 1 is 1.29 bits per heavy atom. The summed E-state index contributed by atoms with van der Waals surface area (Å²) >= 11 is 6.31. The number of halogens is 1. The van der Waals surface area contributed by atoms with E-state index in [2.05, 4.69) is 16.3 Å². The third-order valence-electron chi connectivity index (χ3n) is 2.59. The molecular formula is C12H15ClN5O3+. The number of nitrogens with two attached hydrogens (primary N) is 2. The van der Waals surface area contributed by atoms with Crippen molar-refractivity contribution < 1.29 is 15.5 Å². The maximum absolute atomic E-state index is 8.47. The molecule has 112 valence electrons. The Balaban J connectivity index is 0.000000491. The molecule has 0 aromatic heterocycles. The van der Waals surface area contributed by atoms with E-state index in [-0.39, 0.29) is 5.96 Å². The fraction of sp³-hybridized carbons (Fsp3) is 0.167. The van der Waals surface area contributed by atoms with E-state index in [1.165, 1.54) is 5.56 Å². The number of nitrogens with zero attached hydrogens (tertiary/aromatic N) is 3. The molecule has 0 bridgehead atoms. The first kappa shape index (κ1) is 16.4. The van der Waals surface area contributed by atoms with Crippen molar-refractivity contribution >= 4 is 28.8 Å². The Kier molecular flexibility index (Phi) is 6.15. The molecule has 0 amide bonds. The SMILES string of the molecule is NC(N)=N/N=C/C1=C(Cl)c2ccccc2CC1.O=[N+](O)O. The zero-order chi connectivity index (χ0) is 15.8. The first-order chi connectivity index (χ1) is 9.91. The van der Waals surface area contributed by atoms with Crippen molar-refractivity contribution in [1.29, 1.82) is 0 Å². The van der Waals surface area contributed by atoms with Crippen molar-refractivity contribution in [3.63, 3.8) is 0 Å². The molecule has 0 aliphatic heterocycles. The van der Waals surface area contributed by atoms with Crippen LogP contribution in [0.1, 0.15) is 17.5 Å². The third kappa shape index (κ3) is 5.49. The van der Waals surface area contributed by atoms with Crippen LogP contribution in [0.3, 0.4) is 0 Å². The summed E-state index contributed by atoms with van der Waals surface area (Å²) in [5.74, 6) is -0.0609. The molecule has 0 fully saturated rings. The zero-order valence-corrected chi connectivity index (χ0v) is 11.7. The highest BCUT2D eigenvalue weighted by molar-refractivity contribution is 6.50. The third-order valence-corrected chi connectivity index (χ3v) is 3.03. The second kappa shape index (κ2) is 7.85. The van der Waals surface area contributed by atoms with Crippen LogP contribution in [0.4, 0.5) is 0 Å². The summed E-state index contributed by atoms with van der Waals surface area (Å²) in [4.78, 5) is 8.47. The molecule has 1 aliphatic rings. The van der Waals surface area contributed by atoms with E-state index in [4.69, 9.17) is 38.4 Å². The Hall–Kier alpha value is -2.61. The smallest absolute Gasteiger partial charge is 0.369 e. The minimum absolute atomic E-state index is 0.0609. The second-order valence-electron chi connectivity index (χ2n) is 4.02. The monoisotopic (exact) mass is 312 g/mol. The predicted octanol–water partition coefficient (Wildman–Crippen LogP) is 1.39. The molecule has 0 radical (unpaired) electrons. The Morgan fingerprint density at radius 2 is 1.90 bits per heavy atom. The van der Waals surface area contributed by atoms with Crippen LogP contribution < -0.4 is 11.5 Å². The molecule has 9 heteroatoms. The van der Waals surface area contributed by atoms with Gasteiger partial charge in [-0.3, -0.25) is 0 Å². The van der Waals surface area contributed by atoms with Crippen LogP contribution in [0.25, 0.3) is 5.03 Å². The Morgan fingerprint density at radius 3 is 2.52 bits per heavy atom. The number of fused-ring (bicyclic) bond motifs is 1. The van der Waals surface area contributed by atoms with Gasteiger partial charge in [0.2, 0.25) is 5.96 Å². The van der Waals surface area contributed by atoms with Gasteiger partial charge in [0.05, 0.1) is 11.2 Å². The van der Waals surface area contributed by atoms with Crippen LogP contribution in [0, 0.1) is 4.91 Å². The van der Waals surface area contributed by atoms with Gasteiger partial charge < -0.3 is 11.5 Å². The van der Waals surface area contributed by atoms with E-state index in [1.54, 1.807) is 6.21 Å². The van der Waals surface area contributed by atoms with Gasteiger partial charge in [-0.1, -0.05) is 35.9 Å². The summed E-state index contributed by atoms with van der Waals surface area (Å²) in [6.45, 7) is 0. The molecule has 2 rings (SSSR count). The maximum atomic E-state index is 8.47. The van der Waals surface area contributed by atoms with Crippen molar-refractivity contribution in [1.82, 2.24) is 0 Å². The lowest BCUT2D eigenvalue weighted by Gasteiger charge is -2.16. The average Bonchev–Trinajstić information content (AvgIpc) is 2.41. The standard InChI is InChI=1S/C12H13ClN4.H2NO3/c13-11-9(7-16-17-12(14)15)6-5-8-3-1-2-4-10(8)11;2-1(3)4/h1-4,7H,5-6H2,(H4,14,15,17);(H2,2,3,4)/q;+1/b16-7+;. The molecule has 6 N–H and O–H groups in total. The van der Waals surface area contributed by atoms with E-state index in [9.17, 15) is 0 Å². The van der Waals surface area contributed by atoms with Crippen molar-refractivity contribution in [2.75, 3.05) is 0 Å². The van der Waals surface area contributed by atoms with Crippen molar-refractivity contribution in [2.45, 2.75) is 12.8 Å². The normalized spacial score (nSPS) is 13.2. The first-order valence-corrected chi connectivity index (χ1v) is 6.23. The van der Waals surface area contributed by atoms with Gasteiger partial charge in [0.25, 0.3) is 0 Å². The molecule has 8 nitrogen and oxygen atoms in total. The maximum Gasteiger partial charge on any atom is 0.472 e. The average molecular weight is 313 g/mol. The second-order valence-corrected chi connectivity index (χ2v) is 4.40. The Labute approximate surface area is 125 Å². The van der Waals surface area contributed by atoms with Gasteiger partial charge >= 0.3 is 5.09 Å². The minimum atomic E-state index is -1.25. The fourth-order valence-corrected chi connectivity index (χ4v) is 2.12. The molecule has 0 atom stereocenters. The quantitative estimate of drug-likeness (QED) is 0.371. The van der Waals surface area contributed by atoms with Crippen molar-refractivity contribution in [3.05, 3.63) is 45.9 Å². The number of guanidine groups is 1. The summed E-state index contributed by atoms with van der Waals surface area (Å²) in [5, 5.41) is 20.6. The molecule has 0 saturated heterocycles. The lowest BCUT2D eigenvalue weighted by atomic mass is 9.92. The van der Waals surface area contributed by atoms with Gasteiger partial charge in [-0.05, 0) is 29.5 Å². The first-order valence-electron chi connectivity index (χ1n) is 5.85. The van der Waals surface area contributed by atoms with E-state index < -0.39 is 5.09 Å². The number of aryl methyl sites for hydroxylation is 1. The largest absolute Gasteiger partial charge is 0.472 e. The van der Waals surface area contributed by atoms with Crippen LogP contribution in [0.2, 0.25) is 0 Å². The van der Waals surface area contributed by atoms with Crippen LogP contribution >= 0.6 is 11.6 Å². The number of rotatable bonds is 2. The van der Waals surface area contributed by atoms with Gasteiger partial charge in [0, 0.05) is 0 Å². The van der Waals surface area contributed by atoms with Crippen LogP contribution in [-0.4, -0.2) is 27.7 Å². The molecule has 1 aromatic carbocycles. The van der Waals surface area contributed by atoms with Gasteiger partial charge in [0.15, 0.2) is 0 Å². The Bertz CT molecular complexity index is 605. The zero-order valence-electron chi connectivity index (χ0n) is 11.0. The molecule has 1 aromatic rings. The number of allylic oxidation sites excluding steroid dienone is 1. The highest BCUT2D eigenvalue weighted by atomic mass is 35.5. The summed E-state index contributed by atoms with van der Waals surface area (Å²) in [5.41, 5.74) is 13.6.